The number of hydrogen-bond donors (Lipinski definition) is 1. The summed E-state index contributed by atoms with van der Waals surface area (Å²) in [6, 6.07) is 8.63. The molecule has 0 saturated carbocycles. The van der Waals surface area contributed by atoms with E-state index in [1.54, 1.807) is 0 Å². The number of rotatable bonds is 8. The number of nitrogens with zero attached hydrogens (tertiary/aromatic N) is 2. The summed E-state index contributed by atoms with van der Waals surface area (Å²) in [7, 11) is 0. The van der Waals surface area contributed by atoms with Crippen LogP contribution in [0.25, 0.3) is 0 Å². The van der Waals surface area contributed by atoms with Crippen molar-refractivity contribution in [2.24, 2.45) is 0 Å². The van der Waals surface area contributed by atoms with E-state index in [-0.39, 0.29) is 11.9 Å². The van der Waals surface area contributed by atoms with Crippen molar-refractivity contribution in [2.75, 3.05) is 39.4 Å². The summed E-state index contributed by atoms with van der Waals surface area (Å²) < 4.78 is 5.36. The molecule has 1 heterocycles. The van der Waals surface area contributed by atoms with Gasteiger partial charge in [0.15, 0.2) is 0 Å². The average molecular weight is 348 g/mol. The molecule has 1 fully saturated rings. The van der Waals surface area contributed by atoms with Crippen molar-refractivity contribution >= 4 is 5.91 Å². The second kappa shape index (κ2) is 9.90. The molecule has 0 radical (unpaired) electrons. The Hall–Kier alpha value is -1.43. The van der Waals surface area contributed by atoms with Crippen LogP contribution in [0, 0.1) is 0 Å². The summed E-state index contributed by atoms with van der Waals surface area (Å²) in [4.78, 5) is 17.2. The third-order valence-electron chi connectivity index (χ3n) is 4.75. The first kappa shape index (κ1) is 19.9. The molecule has 25 heavy (non-hydrogen) atoms. The molecule has 1 saturated heterocycles. The van der Waals surface area contributed by atoms with Gasteiger partial charge in [0.1, 0.15) is 0 Å². The summed E-state index contributed by atoms with van der Waals surface area (Å²) in [5, 5.41) is 3.10. The lowest BCUT2D eigenvalue weighted by Crippen LogP contribution is -2.46. The van der Waals surface area contributed by atoms with E-state index in [9.17, 15) is 4.79 Å². The monoisotopic (exact) mass is 347 g/mol. The molecule has 0 unspecified atom stereocenters. The SMILES string of the molecule is CCN(Cc1ccc(C(=O)N[C@H](C)CN2CCOCC2)cc1)C(C)C. The predicted molar refractivity (Wildman–Crippen MR) is 102 cm³/mol. The van der Waals surface area contributed by atoms with Gasteiger partial charge in [0, 0.05) is 43.8 Å². The standard InChI is InChI=1S/C20H33N3O2/c1-5-23(16(2)3)15-18-6-8-19(9-7-18)20(24)21-17(4)14-22-10-12-25-13-11-22/h6-9,16-17H,5,10-15H2,1-4H3,(H,21,24)/t17-/m1/s1. The fourth-order valence-electron chi connectivity index (χ4n) is 3.18. The van der Waals surface area contributed by atoms with Gasteiger partial charge < -0.3 is 10.1 Å². The molecule has 1 aromatic carbocycles. The first-order chi connectivity index (χ1) is 12.0. The molecule has 5 heteroatoms. The third kappa shape index (κ3) is 6.42. The first-order valence-electron chi connectivity index (χ1n) is 9.43. The van der Waals surface area contributed by atoms with Gasteiger partial charge in [-0.05, 0) is 45.0 Å². The largest absolute Gasteiger partial charge is 0.379 e. The van der Waals surface area contributed by atoms with Gasteiger partial charge in [0.2, 0.25) is 0 Å². The van der Waals surface area contributed by atoms with Gasteiger partial charge in [-0.3, -0.25) is 14.6 Å². The number of hydrogen-bond acceptors (Lipinski definition) is 4. The molecule has 0 bridgehead atoms. The highest BCUT2D eigenvalue weighted by atomic mass is 16.5. The van der Waals surface area contributed by atoms with Crippen molar-refractivity contribution in [3.63, 3.8) is 0 Å². The topological polar surface area (TPSA) is 44.8 Å². The highest BCUT2D eigenvalue weighted by molar-refractivity contribution is 5.94. The summed E-state index contributed by atoms with van der Waals surface area (Å²) in [5.74, 6) is 0.00326. The summed E-state index contributed by atoms with van der Waals surface area (Å²) in [5.41, 5.74) is 1.97. The van der Waals surface area contributed by atoms with Crippen LogP contribution in [0.4, 0.5) is 0 Å². The Balaban J connectivity index is 1.84. The number of carbonyl (C=O) groups is 1. The van der Waals surface area contributed by atoms with Crippen LogP contribution in [0.3, 0.4) is 0 Å². The van der Waals surface area contributed by atoms with Crippen LogP contribution >= 0.6 is 0 Å². The Labute approximate surface area is 152 Å². The quantitative estimate of drug-likeness (QED) is 0.784. The lowest BCUT2D eigenvalue weighted by molar-refractivity contribution is 0.0342. The molecule has 0 spiro atoms. The molecule has 0 aromatic heterocycles. The fourth-order valence-corrected chi connectivity index (χ4v) is 3.18. The van der Waals surface area contributed by atoms with E-state index in [2.05, 4.69) is 54.9 Å². The van der Waals surface area contributed by atoms with Gasteiger partial charge in [-0.2, -0.15) is 0 Å². The Bertz CT molecular complexity index is 524. The van der Waals surface area contributed by atoms with Crippen molar-refractivity contribution in [2.45, 2.75) is 46.3 Å². The summed E-state index contributed by atoms with van der Waals surface area (Å²) in [6.07, 6.45) is 0. The number of carbonyl (C=O) groups excluding carboxylic acids is 1. The van der Waals surface area contributed by atoms with Crippen LogP contribution in [0.15, 0.2) is 24.3 Å². The second-order valence-corrected chi connectivity index (χ2v) is 7.14. The van der Waals surface area contributed by atoms with Crippen LogP contribution in [0.1, 0.15) is 43.6 Å². The number of morpholine rings is 1. The number of ether oxygens (including phenoxy) is 1. The van der Waals surface area contributed by atoms with Crippen molar-refractivity contribution in [3.05, 3.63) is 35.4 Å². The second-order valence-electron chi connectivity index (χ2n) is 7.14. The summed E-state index contributed by atoms with van der Waals surface area (Å²) >= 11 is 0. The van der Waals surface area contributed by atoms with E-state index in [1.165, 1.54) is 5.56 Å². The maximum Gasteiger partial charge on any atom is 0.251 e. The van der Waals surface area contributed by atoms with Gasteiger partial charge in [-0.1, -0.05) is 19.1 Å². The number of amides is 1. The molecule has 1 amide bonds. The van der Waals surface area contributed by atoms with E-state index in [1.807, 2.05) is 12.1 Å². The van der Waals surface area contributed by atoms with E-state index < -0.39 is 0 Å². The van der Waals surface area contributed by atoms with Gasteiger partial charge in [-0.15, -0.1) is 0 Å². The highest BCUT2D eigenvalue weighted by Gasteiger charge is 2.16. The van der Waals surface area contributed by atoms with Crippen LogP contribution in [-0.4, -0.2) is 67.2 Å². The lowest BCUT2D eigenvalue weighted by atomic mass is 10.1. The molecular formula is C20H33N3O2. The Morgan fingerprint density at radius 1 is 1.20 bits per heavy atom. The first-order valence-corrected chi connectivity index (χ1v) is 9.43. The Morgan fingerprint density at radius 2 is 1.84 bits per heavy atom. The normalized spacial score (nSPS) is 17.0. The minimum Gasteiger partial charge on any atom is -0.379 e. The van der Waals surface area contributed by atoms with E-state index in [0.717, 1.165) is 51.5 Å². The van der Waals surface area contributed by atoms with Gasteiger partial charge in [-0.25, -0.2) is 0 Å². The molecule has 1 aliphatic rings. The van der Waals surface area contributed by atoms with E-state index >= 15 is 0 Å². The lowest BCUT2D eigenvalue weighted by Gasteiger charge is -2.29. The van der Waals surface area contributed by atoms with E-state index in [0.29, 0.717) is 6.04 Å². The van der Waals surface area contributed by atoms with Gasteiger partial charge in [0.25, 0.3) is 5.91 Å². The van der Waals surface area contributed by atoms with Crippen molar-refractivity contribution in [3.8, 4) is 0 Å². The van der Waals surface area contributed by atoms with Crippen molar-refractivity contribution in [1.82, 2.24) is 15.1 Å². The molecule has 140 valence electrons. The zero-order valence-electron chi connectivity index (χ0n) is 16.1. The number of nitrogens with one attached hydrogen (secondary N) is 1. The molecule has 1 N–H and O–H groups in total. The highest BCUT2D eigenvalue weighted by Crippen LogP contribution is 2.10. The molecule has 0 aliphatic carbocycles. The molecule has 1 aromatic rings. The summed E-state index contributed by atoms with van der Waals surface area (Å²) in [6.45, 7) is 14.9. The maximum absolute atomic E-state index is 12.4. The molecular weight excluding hydrogens is 314 g/mol. The fraction of sp³-hybridized carbons (Fsp3) is 0.650. The maximum atomic E-state index is 12.4. The minimum absolute atomic E-state index is 0.00326. The zero-order valence-corrected chi connectivity index (χ0v) is 16.1. The van der Waals surface area contributed by atoms with Crippen LogP contribution in [0.5, 0.6) is 0 Å². The minimum atomic E-state index is 0.00326. The zero-order chi connectivity index (χ0) is 18.2. The average Bonchev–Trinajstić information content (AvgIpc) is 2.60. The Kier molecular flexibility index (Phi) is 7.88. The van der Waals surface area contributed by atoms with Crippen LogP contribution in [-0.2, 0) is 11.3 Å². The molecule has 1 aliphatic heterocycles. The Morgan fingerprint density at radius 3 is 2.40 bits per heavy atom. The van der Waals surface area contributed by atoms with Crippen molar-refractivity contribution < 1.29 is 9.53 Å². The molecule has 5 nitrogen and oxygen atoms in total. The number of benzene rings is 1. The van der Waals surface area contributed by atoms with Crippen LogP contribution in [0.2, 0.25) is 0 Å². The van der Waals surface area contributed by atoms with Gasteiger partial charge in [0.05, 0.1) is 13.2 Å². The van der Waals surface area contributed by atoms with E-state index in [4.69, 9.17) is 4.74 Å². The van der Waals surface area contributed by atoms with Crippen molar-refractivity contribution in [1.29, 1.82) is 0 Å². The molecule has 2 rings (SSSR count). The van der Waals surface area contributed by atoms with Crippen LogP contribution < -0.4 is 5.32 Å². The van der Waals surface area contributed by atoms with Gasteiger partial charge >= 0.3 is 0 Å². The molecule has 1 atom stereocenters. The predicted octanol–water partition coefficient (Wildman–Crippen LogP) is 2.37. The smallest absolute Gasteiger partial charge is 0.251 e. The third-order valence-corrected chi connectivity index (χ3v) is 4.75.